The number of morpholine rings is 1. The molecule has 2 atom stereocenters. The molecule has 3 rings (SSSR count). The van der Waals surface area contributed by atoms with E-state index in [0.717, 1.165) is 55.7 Å². The van der Waals surface area contributed by atoms with E-state index in [9.17, 15) is 4.79 Å². The number of nitrogens with zero attached hydrogens (tertiary/aromatic N) is 3. The number of ether oxygens (including phenoxy) is 1. The highest BCUT2D eigenvalue weighted by Gasteiger charge is 2.38. The Morgan fingerprint density at radius 2 is 2.09 bits per heavy atom. The first kappa shape index (κ1) is 15.7. The fourth-order valence-corrected chi connectivity index (χ4v) is 4.19. The van der Waals surface area contributed by atoms with E-state index in [1.165, 1.54) is 11.5 Å². The Kier molecular flexibility index (Phi) is 4.65. The minimum atomic E-state index is 0.109. The van der Waals surface area contributed by atoms with Crippen molar-refractivity contribution < 1.29 is 9.53 Å². The number of carbonyl (C=O) groups excluding carboxylic acids is 1. The first-order chi connectivity index (χ1) is 10.6. The Hall–Kier alpha value is -1.18. The van der Waals surface area contributed by atoms with Crippen LogP contribution in [0.5, 0.6) is 0 Å². The maximum absolute atomic E-state index is 12.9. The molecule has 22 heavy (non-hydrogen) atoms. The van der Waals surface area contributed by atoms with E-state index in [2.05, 4.69) is 21.5 Å². The zero-order chi connectivity index (χ0) is 15.7. The van der Waals surface area contributed by atoms with Gasteiger partial charge in [-0.25, -0.2) is 0 Å². The summed E-state index contributed by atoms with van der Waals surface area (Å²) in [6.07, 6.45) is 0. The molecule has 122 valence electrons. The van der Waals surface area contributed by atoms with Gasteiger partial charge in [0.1, 0.15) is 5.00 Å². The second-order valence-electron chi connectivity index (χ2n) is 6.13. The minimum Gasteiger partial charge on any atom is -0.379 e. The summed E-state index contributed by atoms with van der Waals surface area (Å²) < 4.78 is 9.75. The van der Waals surface area contributed by atoms with Crippen LogP contribution in [0.2, 0.25) is 0 Å². The molecule has 7 heteroatoms. The van der Waals surface area contributed by atoms with Crippen molar-refractivity contribution in [3.05, 3.63) is 11.3 Å². The van der Waals surface area contributed by atoms with Gasteiger partial charge in [-0.2, -0.15) is 4.37 Å². The highest BCUT2D eigenvalue weighted by molar-refractivity contribution is 7.10. The molecule has 1 amide bonds. The van der Waals surface area contributed by atoms with Crippen molar-refractivity contribution in [1.29, 1.82) is 0 Å². The van der Waals surface area contributed by atoms with Crippen molar-refractivity contribution in [2.75, 3.05) is 51.8 Å². The van der Waals surface area contributed by atoms with Crippen molar-refractivity contribution in [2.45, 2.75) is 19.9 Å². The van der Waals surface area contributed by atoms with E-state index in [4.69, 9.17) is 4.74 Å². The summed E-state index contributed by atoms with van der Waals surface area (Å²) in [6.45, 7) is 9.31. The molecule has 2 fully saturated rings. The van der Waals surface area contributed by atoms with Crippen molar-refractivity contribution >= 4 is 22.4 Å². The van der Waals surface area contributed by atoms with Crippen LogP contribution in [0.4, 0.5) is 5.00 Å². The molecular weight excluding hydrogens is 300 g/mol. The van der Waals surface area contributed by atoms with Crippen molar-refractivity contribution in [3.8, 4) is 0 Å². The number of rotatable bonds is 3. The van der Waals surface area contributed by atoms with E-state index in [0.29, 0.717) is 12.0 Å². The number of hydrogen-bond acceptors (Lipinski definition) is 6. The van der Waals surface area contributed by atoms with Crippen LogP contribution in [0.1, 0.15) is 23.0 Å². The third kappa shape index (κ3) is 2.85. The van der Waals surface area contributed by atoms with Gasteiger partial charge in [0.15, 0.2) is 0 Å². The Balaban J connectivity index is 1.73. The number of likely N-dealkylation sites (tertiary alicyclic amines) is 1. The number of aromatic nitrogens is 1. The predicted molar refractivity (Wildman–Crippen MR) is 87.6 cm³/mol. The molecule has 1 aromatic rings. The van der Waals surface area contributed by atoms with E-state index >= 15 is 0 Å². The lowest BCUT2D eigenvalue weighted by molar-refractivity contribution is 0.0119. The molecule has 2 aliphatic heterocycles. The summed E-state index contributed by atoms with van der Waals surface area (Å²) in [5.41, 5.74) is 1.56. The van der Waals surface area contributed by atoms with Gasteiger partial charge in [0.05, 0.1) is 24.5 Å². The maximum Gasteiger partial charge on any atom is 0.258 e. The molecule has 2 aliphatic rings. The highest BCUT2D eigenvalue weighted by Crippen LogP contribution is 2.29. The summed E-state index contributed by atoms with van der Waals surface area (Å²) in [4.78, 5) is 17.4. The molecule has 0 aromatic carbocycles. The number of anilines is 1. The van der Waals surface area contributed by atoms with E-state index in [1.807, 2.05) is 18.9 Å². The smallest absolute Gasteiger partial charge is 0.258 e. The Labute approximate surface area is 135 Å². The van der Waals surface area contributed by atoms with Crippen LogP contribution in [0.3, 0.4) is 0 Å². The Morgan fingerprint density at radius 3 is 2.77 bits per heavy atom. The molecule has 0 radical (unpaired) electrons. The average Bonchev–Trinajstić information content (AvgIpc) is 3.10. The van der Waals surface area contributed by atoms with Gasteiger partial charge in [0.2, 0.25) is 0 Å². The molecule has 0 unspecified atom stereocenters. The summed E-state index contributed by atoms with van der Waals surface area (Å²) in [6, 6.07) is 0.442. The zero-order valence-electron chi connectivity index (χ0n) is 13.5. The lowest BCUT2D eigenvalue weighted by Crippen LogP contribution is -2.47. The van der Waals surface area contributed by atoms with E-state index in [1.54, 1.807) is 0 Å². The second kappa shape index (κ2) is 6.52. The first-order valence-electron chi connectivity index (χ1n) is 7.87. The van der Waals surface area contributed by atoms with Crippen molar-refractivity contribution in [3.63, 3.8) is 0 Å². The van der Waals surface area contributed by atoms with Crippen molar-refractivity contribution in [2.24, 2.45) is 5.92 Å². The minimum absolute atomic E-state index is 0.109. The van der Waals surface area contributed by atoms with Crippen LogP contribution in [0.15, 0.2) is 0 Å². The lowest BCUT2D eigenvalue weighted by Gasteiger charge is -2.34. The average molecular weight is 324 g/mol. The Bertz CT molecular complexity index is 542. The van der Waals surface area contributed by atoms with E-state index in [-0.39, 0.29) is 5.91 Å². The second-order valence-corrected chi connectivity index (χ2v) is 6.90. The summed E-state index contributed by atoms with van der Waals surface area (Å²) >= 11 is 1.36. The Morgan fingerprint density at radius 1 is 1.36 bits per heavy atom. The lowest BCUT2D eigenvalue weighted by atomic mass is 10.0. The molecule has 0 aliphatic carbocycles. The number of aryl methyl sites for hydroxylation is 1. The SMILES string of the molecule is CNc1snc(C)c1C(=O)N1C[C@@H](N2CCOCC2)[C@@H](C)C1. The van der Waals surface area contributed by atoms with Gasteiger partial charge in [-0.15, -0.1) is 0 Å². The van der Waals surface area contributed by atoms with Crippen LogP contribution in [0, 0.1) is 12.8 Å². The molecule has 0 saturated carbocycles. The van der Waals surface area contributed by atoms with Gasteiger partial charge >= 0.3 is 0 Å². The zero-order valence-corrected chi connectivity index (χ0v) is 14.3. The van der Waals surface area contributed by atoms with Crippen molar-refractivity contribution in [1.82, 2.24) is 14.2 Å². The fourth-order valence-electron chi connectivity index (χ4n) is 3.45. The molecule has 1 N–H and O–H groups in total. The van der Waals surface area contributed by atoms with E-state index < -0.39 is 0 Å². The normalized spacial score (nSPS) is 26.4. The predicted octanol–water partition coefficient (Wildman–Crippen LogP) is 1.29. The summed E-state index contributed by atoms with van der Waals surface area (Å²) in [5.74, 6) is 0.602. The highest BCUT2D eigenvalue weighted by atomic mass is 32.1. The molecular formula is C15H24N4O2S. The third-order valence-electron chi connectivity index (χ3n) is 4.68. The molecule has 1 aromatic heterocycles. The van der Waals surface area contributed by atoms with Gasteiger partial charge in [0.25, 0.3) is 5.91 Å². The quantitative estimate of drug-likeness (QED) is 0.908. The van der Waals surface area contributed by atoms with Crippen LogP contribution < -0.4 is 5.32 Å². The standard InChI is InChI=1S/C15H24N4O2S/c1-10-8-19(9-12(10)18-4-6-21-7-5-18)15(20)13-11(2)17-22-14(13)16-3/h10,12,16H,4-9H2,1-3H3/t10-,12+/m0/s1. The molecule has 0 spiro atoms. The number of carbonyl (C=O) groups is 1. The molecule has 6 nitrogen and oxygen atoms in total. The van der Waals surface area contributed by atoms with Gasteiger partial charge in [-0.05, 0) is 24.4 Å². The fraction of sp³-hybridized carbons (Fsp3) is 0.733. The maximum atomic E-state index is 12.9. The number of hydrogen-bond donors (Lipinski definition) is 1. The molecule has 2 saturated heterocycles. The van der Waals surface area contributed by atoms with Crippen LogP contribution >= 0.6 is 11.5 Å². The largest absolute Gasteiger partial charge is 0.379 e. The topological polar surface area (TPSA) is 57.7 Å². The van der Waals surface area contributed by atoms with Gasteiger partial charge in [-0.3, -0.25) is 9.69 Å². The summed E-state index contributed by atoms with van der Waals surface area (Å²) in [5, 5.41) is 3.95. The van der Waals surface area contributed by atoms with Crippen LogP contribution in [-0.2, 0) is 4.74 Å². The monoisotopic (exact) mass is 324 g/mol. The molecule has 3 heterocycles. The number of amides is 1. The van der Waals surface area contributed by atoms with Gasteiger partial charge in [-0.1, -0.05) is 6.92 Å². The first-order valence-corrected chi connectivity index (χ1v) is 8.64. The number of nitrogens with one attached hydrogen (secondary N) is 1. The van der Waals surface area contributed by atoms with Crippen LogP contribution in [-0.4, -0.2) is 72.6 Å². The summed E-state index contributed by atoms with van der Waals surface area (Å²) in [7, 11) is 1.84. The van der Waals surface area contributed by atoms with Crippen LogP contribution in [0.25, 0.3) is 0 Å². The third-order valence-corrected chi connectivity index (χ3v) is 5.63. The van der Waals surface area contributed by atoms with Gasteiger partial charge < -0.3 is 15.0 Å². The van der Waals surface area contributed by atoms with Gasteiger partial charge in [0, 0.05) is 39.3 Å². The molecule has 0 bridgehead atoms.